The molecule has 3 rings (SSSR count). The number of likely N-dealkylation sites (N-methyl/N-ethyl adjacent to an activating group) is 1. The molecule has 0 atom stereocenters. The Kier molecular flexibility index (Phi) is 5.47. The second kappa shape index (κ2) is 7.68. The van der Waals surface area contributed by atoms with Gasteiger partial charge in [-0.3, -0.25) is 23.5 Å². The first-order valence-electron chi connectivity index (χ1n) is 8.05. The molecular weight excluding hydrogens is 450 g/mol. The van der Waals surface area contributed by atoms with Crippen molar-refractivity contribution in [1.29, 1.82) is 0 Å². The van der Waals surface area contributed by atoms with Crippen LogP contribution in [0.15, 0.2) is 37.8 Å². The second-order valence-corrected chi connectivity index (χ2v) is 8.58. The number of aryl methyl sites for hydroxylation is 1. The summed E-state index contributed by atoms with van der Waals surface area (Å²) in [7, 11) is 4.41. The van der Waals surface area contributed by atoms with Crippen LogP contribution >= 0.6 is 27.3 Å². The van der Waals surface area contributed by atoms with E-state index >= 15 is 0 Å². The average molecular weight is 466 g/mol. The molecule has 0 spiro atoms. The summed E-state index contributed by atoms with van der Waals surface area (Å²) >= 11 is 4.58. The van der Waals surface area contributed by atoms with Gasteiger partial charge in [-0.1, -0.05) is 0 Å². The van der Waals surface area contributed by atoms with E-state index in [1.165, 1.54) is 54.2 Å². The molecule has 0 saturated carbocycles. The van der Waals surface area contributed by atoms with Crippen LogP contribution in [0.4, 0.5) is 5.69 Å². The summed E-state index contributed by atoms with van der Waals surface area (Å²) < 4.78 is 3.06. The van der Waals surface area contributed by atoms with E-state index in [0.717, 1.165) is 8.35 Å². The molecule has 0 fully saturated rings. The highest BCUT2D eigenvalue weighted by Gasteiger charge is 2.17. The van der Waals surface area contributed by atoms with E-state index in [0.29, 0.717) is 10.6 Å². The van der Waals surface area contributed by atoms with Crippen molar-refractivity contribution in [2.45, 2.75) is 0 Å². The van der Waals surface area contributed by atoms with Crippen LogP contribution in [0.25, 0.3) is 11.0 Å². The van der Waals surface area contributed by atoms with Crippen molar-refractivity contribution in [1.82, 2.24) is 19.0 Å². The molecular formula is C17H16BrN5O4S. The van der Waals surface area contributed by atoms with Crippen LogP contribution in [0.1, 0.15) is 9.67 Å². The molecule has 1 N–H and O–H groups in total. The first-order valence-corrected chi connectivity index (χ1v) is 9.66. The number of aromatic nitrogens is 3. The number of anilines is 1. The van der Waals surface area contributed by atoms with Gasteiger partial charge in [-0.2, -0.15) is 0 Å². The average Bonchev–Trinajstić information content (AvgIpc) is 3.10. The zero-order chi connectivity index (χ0) is 20.6. The minimum absolute atomic E-state index is 0.169. The Bertz CT molecular complexity index is 1210. The number of rotatable bonds is 4. The number of pyridine rings is 1. The van der Waals surface area contributed by atoms with Crippen molar-refractivity contribution in [2.75, 3.05) is 18.9 Å². The van der Waals surface area contributed by atoms with Crippen molar-refractivity contribution in [2.24, 2.45) is 14.1 Å². The topological polar surface area (TPSA) is 106 Å². The summed E-state index contributed by atoms with van der Waals surface area (Å²) in [5.74, 6) is -0.708. The number of hydrogen-bond donors (Lipinski definition) is 1. The summed E-state index contributed by atoms with van der Waals surface area (Å²) in [5.41, 5.74) is -0.464. The predicted octanol–water partition coefficient (Wildman–Crippen LogP) is 1.17. The molecule has 0 aliphatic rings. The Morgan fingerprint density at radius 3 is 2.61 bits per heavy atom. The fourth-order valence-electron chi connectivity index (χ4n) is 2.64. The molecule has 3 heterocycles. The molecule has 28 heavy (non-hydrogen) atoms. The molecule has 9 nitrogen and oxygen atoms in total. The van der Waals surface area contributed by atoms with Gasteiger partial charge in [0.05, 0.1) is 32.5 Å². The second-order valence-electron chi connectivity index (χ2n) is 6.11. The highest BCUT2D eigenvalue weighted by atomic mass is 79.9. The van der Waals surface area contributed by atoms with Crippen LogP contribution < -0.4 is 16.6 Å². The van der Waals surface area contributed by atoms with Crippen LogP contribution in [0.5, 0.6) is 0 Å². The van der Waals surface area contributed by atoms with Gasteiger partial charge < -0.3 is 10.2 Å². The van der Waals surface area contributed by atoms with Gasteiger partial charge in [0.15, 0.2) is 0 Å². The molecule has 0 aliphatic carbocycles. The number of nitrogens with one attached hydrogen (secondary N) is 1. The molecule has 11 heteroatoms. The molecule has 0 bridgehead atoms. The van der Waals surface area contributed by atoms with Gasteiger partial charge in [0.25, 0.3) is 11.5 Å². The summed E-state index contributed by atoms with van der Waals surface area (Å²) in [6.45, 7) is -0.169. The van der Waals surface area contributed by atoms with Crippen molar-refractivity contribution in [3.05, 3.63) is 53.9 Å². The fourth-order valence-corrected chi connectivity index (χ4v) is 4.02. The lowest BCUT2D eigenvalue weighted by Gasteiger charge is -2.16. The zero-order valence-electron chi connectivity index (χ0n) is 15.2. The molecule has 0 aromatic carbocycles. The van der Waals surface area contributed by atoms with Crippen molar-refractivity contribution in [3.8, 4) is 0 Å². The Hall–Kier alpha value is -2.79. The third-order valence-corrected chi connectivity index (χ3v) is 5.70. The van der Waals surface area contributed by atoms with E-state index in [4.69, 9.17) is 0 Å². The van der Waals surface area contributed by atoms with Gasteiger partial charge >= 0.3 is 5.69 Å². The first-order chi connectivity index (χ1) is 13.2. The van der Waals surface area contributed by atoms with Gasteiger partial charge in [0, 0.05) is 21.1 Å². The lowest BCUT2D eigenvalue weighted by Crippen LogP contribution is -2.37. The van der Waals surface area contributed by atoms with E-state index < -0.39 is 17.2 Å². The van der Waals surface area contributed by atoms with Crippen LogP contribution in [-0.2, 0) is 18.9 Å². The molecule has 0 aliphatic heterocycles. The third-order valence-electron chi connectivity index (χ3n) is 4.09. The van der Waals surface area contributed by atoms with Crippen molar-refractivity contribution in [3.63, 3.8) is 0 Å². The SMILES string of the molecule is CN(CC(=O)Nc1cnc2c(c1)c(=O)n(C)c(=O)n2C)C(=O)c1ccc(Br)s1. The van der Waals surface area contributed by atoms with Crippen LogP contribution in [0.2, 0.25) is 0 Å². The van der Waals surface area contributed by atoms with Gasteiger partial charge in [-0.15, -0.1) is 11.3 Å². The number of amides is 2. The highest BCUT2D eigenvalue weighted by molar-refractivity contribution is 9.11. The number of fused-ring (bicyclic) bond motifs is 1. The van der Waals surface area contributed by atoms with E-state index in [1.54, 1.807) is 12.1 Å². The highest BCUT2D eigenvalue weighted by Crippen LogP contribution is 2.23. The third kappa shape index (κ3) is 3.76. The maximum absolute atomic E-state index is 12.3. The molecule has 3 aromatic heterocycles. The van der Waals surface area contributed by atoms with Gasteiger partial charge in [0.2, 0.25) is 5.91 Å². The van der Waals surface area contributed by atoms with E-state index in [1.807, 2.05) is 0 Å². The smallest absolute Gasteiger partial charge is 0.332 e. The van der Waals surface area contributed by atoms with Crippen LogP contribution in [-0.4, -0.2) is 44.4 Å². The molecule has 0 unspecified atom stereocenters. The molecule has 3 aromatic rings. The summed E-state index contributed by atoms with van der Waals surface area (Å²) in [6.07, 6.45) is 1.36. The number of carbonyl (C=O) groups excluding carboxylic acids is 2. The van der Waals surface area contributed by atoms with Gasteiger partial charge in [-0.25, -0.2) is 9.78 Å². The summed E-state index contributed by atoms with van der Waals surface area (Å²) in [6, 6.07) is 4.90. The number of carbonyl (C=O) groups is 2. The fraction of sp³-hybridized carbons (Fsp3) is 0.235. The quantitative estimate of drug-likeness (QED) is 0.622. The van der Waals surface area contributed by atoms with Crippen molar-refractivity contribution >= 4 is 55.8 Å². The van der Waals surface area contributed by atoms with Gasteiger partial charge in [-0.05, 0) is 34.1 Å². The lowest BCUT2D eigenvalue weighted by atomic mass is 10.3. The van der Waals surface area contributed by atoms with E-state index in [-0.39, 0.29) is 23.5 Å². The summed E-state index contributed by atoms with van der Waals surface area (Å²) in [4.78, 5) is 54.8. The largest absolute Gasteiger partial charge is 0.332 e. The van der Waals surface area contributed by atoms with Crippen LogP contribution in [0.3, 0.4) is 0 Å². The normalized spacial score (nSPS) is 10.9. The molecule has 146 valence electrons. The predicted molar refractivity (Wildman–Crippen MR) is 110 cm³/mol. The Labute approximate surface area is 171 Å². The standard InChI is InChI=1S/C17H16BrN5O4S/c1-21(16(26)11-4-5-12(18)28-11)8-13(24)20-9-6-10-14(19-7-9)22(2)17(27)23(3)15(10)25/h4-7H,8H2,1-3H3,(H,20,24). The molecule has 0 radical (unpaired) electrons. The lowest BCUT2D eigenvalue weighted by molar-refractivity contribution is -0.116. The maximum atomic E-state index is 12.3. The minimum Gasteiger partial charge on any atom is -0.332 e. The Morgan fingerprint density at radius 2 is 1.96 bits per heavy atom. The first kappa shape index (κ1) is 20.0. The number of halogens is 1. The molecule has 2 amide bonds. The number of thiophene rings is 1. The monoisotopic (exact) mass is 465 g/mol. The minimum atomic E-state index is -0.503. The van der Waals surface area contributed by atoms with E-state index in [2.05, 4.69) is 26.2 Å². The summed E-state index contributed by atoms with van der Waals surface area (Å²) in [5, 5.41) is 2.82. The van der Waals surface area contributed by atoms with Crippen LogP contribution in [0, 0.1) is 0 Å². The number of hydrogen-bond acceptors (Lipinski definition) is 6. The Morgan fingerprint density at radius 1 is 1.25 bits per heavy atom. The van der Waals surface area contributed by atoms with Gasteiger partial charge in [0.1, 0.15) is 5.65 Å². The maximum Gasteiger partial charge on any atom is 0.332 e. The molecule has 0 saturated heterocycles. The van der Waals surface area contributed by atoms with E-state index in [9.17, 15) is 19.2 Å². The zero-order valence-corrected chi connectivity index (χ0v) is 17.6. The van der Waals surface area contributed by atoms with Crippen molar-refractivity contribution < 1.29 is 9.59 Å². The Balaban J connectivity index is 1.79. The number of nitrogens with zero attached hydrogens (tertiary/aromatic N) is 4.